The Morgan fingerprint density at radius 2 is 1.92 bits per heavy atom. The summed E-state index contributed by atoms with van der Waals surface area (Å²) in [6.45, 7) is 5.75. The van der Waals surface area contributed by atoms with Crippen LogP contribution in [0, 0.1) is 18.3 Å². The van der Waals surface area contributed by atoms with Crippen LogP contribution in [-0.4, -0.2) is 0 Å². The summed E-state index contributed by atoms with van der Waals surface area (Å²) < 4.78 is 0. The molecule has 13 heavy (non-hydrogen) atoms. The molecule has 0 spiro atoms. The van der Waals surface area contributed by atoms with Crippen LogP contribution in [0.15, 0.2) is 18.2 Å². The van der Waals surface area contributed by atoms with Gasteiger partial charge in [0.25, 0.3) is 0 Å². The number of rotatable bonds is 1. The lowest BCUT2D eigenvalue weighted by atomic mass is 9.86. The zero-order valence-corrected chi connectivity index (χ0v) is 8.81. The molecule has 2 heteroatoms. The fourth-order valence-electron chi connectivity index (χ4n) is 1.16. The van der Waals surface area contributed by atoms with Crippen molar-refractivity contribution in [1.82, 2.24) is 0 Å². The first kappa shape index (κ1) is 10.1. The molecule has 1 aromatic carbocycles. The molecule has 0 heterocycles. The normalized spacial score (nSPS) is 11.0. The van der Waals surface area contributed by atoms with Crippen LogP contribution in [-0.2, 0) is 5.41 Å². The largest absolute Gasteiger partial charge is 0.197 e. The summed E-state index contributed by atoms with van der Waals surface area (Å²) in [6.07, 6.45) is 0. The minimum Gasteiger partial charge on any atom is -0.197 e. The SMILES string of the molecule is Cc1cc(Cl)cc(C(C)(C)C#N)c1. The fraction of sp³-hybridized carbons (Fsp3) is 0.364. The molecule has 68 valence electrons. The summed E-state index contributed by atoms with van der Waals surface area (Å²) in [7, 11) is 0. The molecule has 0 atom stereocenters. The van der Waals surface area contributed by atoms with Crippen LogP contribution in [0.1, 0.15) is 25.0 Å². The van der Waals surface area contributed by atoms with Crippen LogP contribution in [0.25, 0.3) is 0 Å². The molecule has 0 N–H and O–H groups in total. The number of hydrogen-bond donors (Lipinski definition) is 0. The smallest absolute Gasteiger partial charge is 0.0766 e. The number of hydrogen-bond acceptors (Lipinski definition) is 1. The number of aryl methyl sites for hydroxylation is 1. The molecule has 0 saturated carbocycles. The molecular formula is C11H12ClN. The van der Waals surface area contributed by atoms with Crippen molar-refractivity contribution in [3.63, 3.8) is 0 Å². The van der Waals surface area contributed by atoms with Gasteiger partial charge in [-0.3, -0.25) is 0 Å². The van der Waals surface area contributed by atoms with Crippen LogP contribution in [0.4, 0.5) is 0 Å². The van der Waals surface area contributed by atoms with Crippen molar-refractivity contribution in [1.29, 1.82) is 5.26 Å². The molecule has 0 unspecified atom stereocenters. The Bertz CT molecular complexity index is 341. The number of halogens is 1. The van der Waals surface area contributed by atoms with E-state index in [-0.39, 0.29) is 0 Å². The average Bonchev–Trinajstić information content (AvgIpc) is 2.02. The molecule has 0 amide bonds. The van der Waals surface area contributed by atoms with E-state index in [1.54, 1.807) is 0 Å². The summed E-state index contributed by atoms with van der Waals surface area (Å²) in [5.41, 5.74) is 1.60. The highest BCUT2D eigenvalue weighted by molar-refractivity contribution is 6.30. The molecular weight excluding hydrogens is 182 g/mol. The fourth-order valence-corrected chi connectivity index (χ4v) is 1.45. The maximum atomic E-state index is 8.94. The number of nitrogens with zero attached hydrogens (tertiary/aromatic N) is 1. The summed E-state index contributed by atoms with van der Waals surface area (Å²) >= 11 is 5.90. The van der Waals surface area contributed by atoms with Gasteiger partial charge in [0.15, 0.2) is 0 Å². The second-order valence-corrected chi connectivity index (χ2v) is 4.19. The van der Waals surface area contributed by atoms with E-state index < -0.39 is 5.41 Å². The maximum Gasteiger partial charge on any atom is 0.0766 e. The van der Waals surface area contributed by atoms with E-state index >= 15 is 0 Å². The minimum atomic E-state index is -0.463. The third-order valence-electron chi connectivity index (χ3n) is 2.04. The molecule has 0 aromatic heterocycles. The first-order valence-corrected chi connectivity index (χ1v) is 4.52. The predicted molar refractivity (Wildman–Crippen MR) is 54.8 cm³/mol. The average molecular weight is 194 g/mol. The lowest BCUT2D eigenvalue weighted by Gasteiger charge is -2.16. The molecule has 0 radical (unpaired) electrons. The van der Waals surface area contributed by atoms with E-state index in [0.717, 1.165) is 11.1 Å². The van der Waals surface area contributed by atoms with Gasteiger partial charge in [-0.1, -0.05) is 17.7 Å². The Balaban J connectivity index is 3.25. The van der Waals surface area contributed by atoms with E-state index in [4.69, 9.17) is 16.9 Å². The lowest BCUT2D eigenvalue weighted by molar-refractivity contribution is 0.686. The monoisotopic (exact) mass is 193 g/mol. The molecule has 1 nitrogen and oxygen atoms in total. The van der Waals surface area contributed by atoms with Crippen molar-refractivity contribution in [3.8, 4) is 6.07 Å². The second-order valence-electron chi connectivity index (χ2n) is 3.75. The molecule has 0 bridgehead atoms. The van der Waals surface area contributed by atoms with E-state index in [1.807, 2.05) is 39.0 Å². The Labute approximate surface area is 84.0 Å². The predicted octanol–water partition coefficient (Wildman–Crippen LogP) is 3.45. The van der Waals surface area contributed by atoms with Gasteiger partial charge in [0.05, 0.1) is 11.5 Å². The van der Waals surface area contributed by atoms with Gasteiger partial charge in [-0.05, 0) is 44.0 Å². The van der Waals surface area contributed by atoms with Crippen LogP contribution < -0.4 is 0 Å². The Kier molecular flexibility index (Phi) is 2.63. The highest BCUT2D eigenvalue weighted by Gasteiger charge is 2.19. The number of nitriles is 1. The van der Waals surface area contributed by atoms with E-state index in [0.29, 0.717) is 5.02 Å². The molecule has 0 aliphatic rings. The van der Waals surface area contributed by atoms with Crippen LogP contribution in [0.2, 0.25) is 5.02 Å². The molecule has 0 saturated heterocycles. The van der Waals surface area contributed by atoms with Crippen molar-refractivity contribution < 1.29 is 0 Å². The van der Waals surface area contributed by atoms with Crippen LogP contribution >= 0.6 is 11.6 Å². The van der Waals surface area contributed by atoms with Gasteiger partial charge in [0.1, 0.15) is 0 Å². The number of benzene rings is 1. The van der Waals surface area contributed by atoms with Crippen LogP contribution in [0.3, 0.4) is 0 Å². The maximum absolute atomic E-state index is 8.94. The quantitative estimate of drug-likeness (QED) is 0.670. The topological polar surface area (TPSA) is 23.8 Å². The Morgan fingerprint density at radius 3 is 2.38 bits per heavy atom. The van der Waals surface area contributed by atoms with Gasteiger partial charge in [0, 0.05) is 5.02 Å². The lowest BCUT2D eigenvalue weighted by Crippen LogP contribution is -2.13. The van der Waals surface area contributed by atoms with E-state index in [9.17, 15) is 0 Å². The van der Waals surface area contributed by atoms with Gasteiger partial charge >= 0.3 is 0 Å². The van der Waals surface area contributed by atoms with Gasteiger partial charge in [0.2, 0.25) is 0 Å². The zero-order chi connectivity index (χ0) is 10.1. The molecule has 0 aliphatic carbocycles. The summed E-state index contributed by atoms with van der Waals surface area (Å²) in [5, 5.41) is 9.63. The third kappa shape index (κ3) is 2.23. The molecule has 1 rings (SSSR count). The van der Waals surface area contributed by atoms with Crippen molar-refractivity contribution >= 4 is 11.6 Å². The van der Waals surface area contributed by atoms with Gasteiger partial charge in [-0.25, -0.2) is 0 Å². The third-order valence-corrected chi connectivity index (χ3v) is 2.26. The first-order valence-electron chi connectivity index (χ1n) is 4.14. The van der Waals surface area contributed by atoms with Gasteiger partial charge < -0.3 is 0 Å². The van der Waals surface area contributed by atoms with Crippen molar-refractivity contribution in [2.75, 3.05) is 0 Å². The molecule has 0 fully saturated rings. The van der Waals surface area contributed by atoms with Gasteiger partial charge in [-0.15, -0.1) is 0 Å². The van der Waals surface area contributed by atoms with Gasteiger partial charge in [-0.2, -0.15) is 5.26 Å². The Morgan fingerprint density at radius 1 is 1.31 bits per heavy atom. The van der Waals surface area contributed by atoms with E-state index in [1.165, 1.54) is 0 Å². The molecule has 1 aromatic rings. The highest BCUT2D eigenvalue weighted by Crippen LogP contribution is 2.26. The standard InChI is InChI=1S/C11H12ClN/c1-8-4-9(6-10(12)5-8)11(2,3)7-13/h4-6H,1-3H3. The summed E-state index contributed by atoms with van der Waals surface area (Å²) in [4.78, 5) is 0. The summed E-state index contributed by atoms with van der Waals surface area (Å²) in [5.74, 6) is 0. The van der Waals surface area contributed by atoms with Crippen molar-refractivity contribution in [2.24, 2.45) is 0 Å². The first-order chi connectivity index (χ1) is 5.95. The Hall–Kier alpha value is -1.00. The van der Waals surface area contributed by atoms with Crippen molar-refractivity contribution in [2.45, 2.75) is 26.2 Å². The second kappa shape index (κ2) is 3.40. The minimum absolute atomic E-state index is 0.463. The highest BCUT2D eigenvalue weighted by atomic mass is 35.5. The van der Waals surface area contributed by atoms with Crippen molar-refractivity contribution in [3.05, 3.63) is 34.3 Å². The summed E-state index contributed by atoms with van der Waals surface area (Å²) in [6, 6.07) is 7.98. The zero-order valence-electron chi connectivity index (χ0n) is 8.06. The molecule has 0 aliphatic heterocycles. The van der Waals surface area contributed by atoms with E-state index in [2.05, 4.69) is 6.07 Å². The van der Waals surface area contributed by atoms with Crippen LogP contribution in [0.5, 0.6) is 0 Å².